The third-order valence-electron chi connectivity index (χ3n) is 3.72. The molecule has 0 aromatic carbocycles. The van der Waals surface area contributed by atoms with Gasteiger partial charge in [0.15, 0.2) is 0 Å². The lowest BCUT2D eigenvalue weighted by Gasteiger charge is -2.29. The second kappa shape index (κ2) is 6.91. The summed E-state index contributed by atoms with van der Waals surface area (Å²) in [5, 5.41) is 11.7. The molecular formula is C15H22F2N6OS. The van der Waals surface area contributed by atoms with Crippen molar-refractivity contribution in [1.82, 2.24) is 25.4 Å². The molecule has 1 saturated heterocycles. The Morgan fingerprint density at radius 3 is 2.92 bits per heavy atom. The zero-order valence-corrected chi connectivity index (χ0v) is 15.2. The van der Waals surface area contributed by atoms with E-state index in [9.17, 15) is 8.78 Å². The van der Waals surface area contributed by atoms with Crippen molar-refractivity contribution in [3.8, 4) is 0 Å². The molecule has 2 aromatic heterocycles. The first-order chi connectivity index (χ1) is 11.7. The first kappa shape index (κ1) is 18.1. The van der Waals surface area contributed by atoms with Gasteiger partial charge in [0.25, 0.3) is 5.92 Å². The van der Waals surface area contributed by atoms with Gasteiger partial charge in [-0.05, 0) is 0 Å². The van der Waals surface area contributed by atoms with Crippen molar-refractivity contribution < 1.29 is 13.2 Å². The summed E-state index contributed by atoms with van der Waals surface area (Å²) in [5.41, 5.74) is 2.79. The minimum Gasteiger partial charge on any atom is -0.444 e. The van der Waals surface area contributed by atoms with Gasteiger partial charge in [-0.3, -0.25) is 5.43 Å². The van der Waals surface area contributed by atoms with Gasteiger partial charge in [0.1, 0.15) is 10.8 Å². The molecule has 0 radical (unpaired) electrons. The van der Waals surface area contributed by atoms with Gasteiger partial charge in [-0.2, -0.15) is 0 Å². The molecule has 1 unspecified atom stereocenters. The highest BCUT2D eigenvalue weighted by Gasteiger charge is 2.36. The van der Waals surface area contributed by atoms with Gasteiger partial charge in [0.2, 0.25) is 5.89 Å². The third-order valence-corrected chi connectivity index (χ3v) is 4.60. The molecule has 7 nitrogen and oxygen atoms in total. The molecule has 2 aromatic rings. The second-order valence-electron chi connectivity index (χ2n) is 7.15. The minimum atomic E-state index is -2.71. The van der Waals surface area contributed by atoms with Crippen molar-refractivity contribution in [2.24, 2.45) is 0 Å². The Labute approximate surface area is 148 Å². The molecule has 10 heteroatoms. The summed E-state index contributed by atoms with van der Waals surface area (Å²) < 4.78 is 32.5. The van der Waals surface area contributed by atoms with Gasteiger partial charge >= 0.3 is 0 Å². The predicted molar refractivity (Wildman–Crippen MR) is 90.4 cm³/mol. The number of rotatable bonds is 5. The van der Waals surface area contributed by atoms with Gasteiger partial charge in [-0.25, -0.2) is 13.8 Å². The number of piperidine rings is 1. The highest BCUT2D eigenvalue weighted by molar-refractivity contribution is 7.98. The van der Waals surface area contributed by atoms with E-state index in [1.165, 1.54) is 16.7 Å². The van der Waals surface area contributed by atoms with Crippen molar-refractivity contribution in [3.05, 3.63) is 24.0 Å². The van der Waals surface area contributed by atoms with E-state index < -0.39 is 12.0 Å². The van der Waals surface area contributed by atoms with Crippen LogP contribution in [0, 0.1) is 0 Å². The summed E-state index contributed by atoms with van der Waals surface area (Å²) in [6, 6.07) is -0.421. The lowest BCUT2D eigenvalue weighted by molar-refractivity contribution is -0.0260. The fraction of sp³-hybridized carbons (Fsp3) is 0.667. The quantitative estimate of drug-likeness (QED) is 0.780. The molecule has 1 fully saturated rings. The van der Waals surface area contributed by atoms with Crippen molar-refractivity contribution in [1.29, 1.82) is 0 Å². The molecule has 3 heterocycles. The number of nitrogens with zero attached hydrogens (tertiary/aromatic N) is 4. The highest BCUT2D eigenvalue weighted by atomic mass is 32.2. The van der Waals surface area contributed by atoms with Crippen LogP contribution in [0.4, 0.5) is 8.78 Å². The van der Waals surface area contributed by atoms with Crippen LogP contribution in [0.5, 0.6) is 0 Å². The van der Waals surface area contributed by atoms with E-state index in [1.807, 2.05) is 0 Å². The lowest BCUT2D eigenvalue weighted by Crippen LogP contribution is -2.51. The number of hydrogen-bond acceptors (Lipinski definition) is 7. The zero-order valence-electron chi connectivity index (χ0n) is 14.4. The Morgan fingerprint density at radius 2 is 2.24 bits per heavy atom. The molecule has 0 spiro atoms. The molecule has 0 amide bonds. The molecule has 1 atom stereocenters. The number of hydrogen-bond donors (Lipinski definition) is 2. The molecule has 0 saturated carbocycles. The van der Waals surface area contributed by atoms with Crippen molar-refractivity contribution in [3.63, 3.8) is 0 Å². The molecule has 3 rings (SSSR count). The molecule has 2 N–H and O–H groups in total. The van der Waals surface area contributed by atoms with Crippen LogP contribution in [0.2, 0.25) is 0 Å². The number of aromatic nitrogens is 4. The highest BCUT2D eigenvalue weighted by Crippen LogP contribution is 2.26. The van der Waals surface area contributed by atoms with Gasteiger partial charge < -0.3 is 9.73 Å². The second-order valence-corrected chi connectivity index (χ2v) is 8.14. The van der Waals surface area contributed by atoms with Crippen LogP contribution in [-0.2, 0) is 11.2 Å². The fourth-order valence-corrected chi connectivity index (χ4v) is 3.09. The Morgan fingerprint density at radius 1 is 1.44 bits per heavy atom. The number of halogens is 2. The molecule has 138 valence electrons. The van der Waals surface area contributed by atoms with Crippen molar-refractivity contribution in [2.45, 2.75) is 55.4 Å². The van der Waals surface area contributed by atoms with E-state index in [2.05, 4.69) is 46.7 Å². The number of alkyl halides is 2. The summed E-state index contributed by atoms with van der Waals surface area (Å²) in [7, 11) is 0. The predicted octanol–water partition coefficient (Wildman–Crippen LogP) is 2.40. The maximum Gasteiger partial charge on any atom is 0.262 e. The molecule has 1 aliphatic rings. The summed E-state index contributed by atoms with van der Waals surface area (Å²) in [5.74, 6) is -0.735. The normalized spacial score (nSPS) is 20.6. The maximum absolute atomic E-state index is 13.4. The average molecular weight is 372 g/mol. The summed E-state index contributed by atoms with van der Waals surface area (Å²) in [4.78, 5) is 5.51. The Hall–Kier alpha value is -1.68. The lowest BCUT2D eigenvalue weighted by atomic mass is 9.94. The topological polar surface area (TPSA) is 80.8 Å². The first-order valence-corrected chi connectivity index (χ1v) is 9.05. The summed E-state index contributed by atoms with van der Waals surface area (Å²) >= 11 is 1.43. The van der Waals surface area contributed by atoms with E-state index in [0.29, 0.717) is 23.2 Å². The van der Waals surface area contributed by atoms with Crippen LogP contribution in [0.3, 0.4) is 0 Å². The Balaban J connectivity index is 1.52. The van der Waals surface area contributed by atoms with Crippen LogP contribution < -0.4 is 10.7 Å². The molecule has 0 bridgehead atoms. The molecule has 0 aliphatic carbocycles. The third kappa shape index (κ3) is 4.91. The smallest absolute Gasteiger partial charge is 0.262 e. The fourth-order valence-electron chi connectivity index (χ4n) is 2.43. The zero-order chi connectivity index (χ0) is 18.1. The first-order valence-electron chi connectivity index (χ1n) is 8.07. The summed E-state index contributed by atoms with van der Waals surface area (Å²) in [6.07, 6.45) is 3.08. The number of nitrogens with one attached hydrogen (secondary N) is 2. The van der Waals surface area contributed by atoms with Crippen molar-refractivity contribution >= 4 is 11.8 Å². The van der Waals surface area contributed by atoms with Crippen LogP contribution in [0.25, 0.3) is 0 Å². The molecular weight excluding hydrogens is 350 g/mol. The van der Waals surface area contributed by atoms with Gasteiger partial charge in [-0.1, -0.05) is 37.4 Å². The Bertz CT molecular complexity index is 711. The average Bonchev–Trinajstić information content (AvgIpc) is 3.12. The number of oxazole rings is 1. The van der Waals surface area contributed by atoms with Crippen LogP contribution in [0.15, 0.2) is 21.8 Å². The SMILES string of the molecule is CC(C)(C)c1cnc(CSc2cnn(NC3CNCC(F)(F)C3)n2)o1. The Kier molecular flexibility index (Phi) is 5.01. The monoisotopic (exact) mass is 372 g/mol. The van der Waals surface area contributed by atoms with Crippen LogP contribution in [-0.4, -0.2) is 45.1 Å². The summed E-state index contributed by atoms with van der Waals surface area (Å²) in [6.45, 7) is 6.35. The van der Waals surface area contributed by atoms with Gasteiger partial charge in [-0.15, -0.1) is 10.2 Å². The maximum atomic E-state index is 13.4. The van der Waals surface area contributed by atoms with Gasteiger partial charge in [0.05, 0.1) is 30.7 Å². The molecule has 1 aliphatic heterocycles. The van der Waals surface area contributed by atoms with Gasteiger partial charge in [0, 0.05) is 18.4 Å². The number of thioether (sulfide) groups is 1. The van der Waals surface area contributed by atoms with Crippen molar-refractivity contribution in [2.75, 3.05) is 18.5 Å². The van der Waals surface area contributed by atoms with Crippen LogP contribution in [0.1, 0.15) is 38.8 Å². The van der Waals surface area contributed by atoms with E-state index in [-0.39, 0.29) is 18.4 Å². The molecule has 25 heavy (non-hydrogen) atoms. The minimum absolute atomic E-state index is 0.0843. The standard InChI is InChI=1S/C15H22F2N6OS/c1-14(2,3)11-6-19-12(24-11)8-25-13-7-20-23(22-13)21-10-4-15(16,17)9-18-5-10/h6-7,10,18,21H,4-5,8-9H2,1-3H3. The van der Waals surface area contributed by atoms with E-state index >= 15 is 0 Å². The largest absolute Gasteiger partial charge is 0.444 e. The van der Waals surface area contributed by atoms with Crippen LogP contribution >= 0.6 is 11.8 Å². The van der Waals surface area contributed by atoms with E-state index in [4.69, 9.17) is 4.42 Å². The van der Waals surface area contributed by atoms with E-state index in [0.717, 1.165) is 5.76 Å². The van der Waals surface area contributed by atoms with E-state index in [1.54, 1.807) is 12.4 Å².